The number of ether oxygens (including phenoxy) is 2. The van der Waals surface area contributed by atoms with E-state index in [1.807, 2.05) is 12.1 Å². The zero-order chi connectivity index (χ0) is 16.4. The summed E-state index contributed by atoms with van der Waals surface area (Å²) in [5, 5.41) is 0.739. The van der Waals surface area contributed by atoms with E-state index in [9.17, 15) is 4.79 Å². The molecule has 3 rings (SSSR count). The van der Waals surface area contributed by atoms with Crippen LogP contribution in [0.2, 0.25) is 0 Å². The number of nitrogens with one attached hydrogen (secondary N) is 1. The highest BCUT2D eigenvalue weighted by Gasteiger charge is 2.19. The first-order valence-electron chi connectivity index (χ1n) is 7.82. The smallest absolute Gasteiger partial charge is 0.225 e. The SMILES string of the molecule is CC(=O)N(CCC[NH+](C)C)c1nc2cc3c(cc2s1)OCCO3. The van der Waals surface area contributed by atoms with Gasteiger partial charge in [-0.2, -0.15) is 0 Å². The number of hydrogen-bond acceptors (Lipinski definition) is 5. The normalized spacial score (nSPS) is 13.6. The van der Waals surface area contributed by atoms with Crippen molar-refractivity contribution in [2.24, 2.45) is 0 Å². The van der Waals surface area contributed by atoms with Gasteiger partial charge in [0.1, 0.15) is 13.2 Å². The molecule has 7 heteroatoms. The van der Waals surface area contributed by atoms with Crippen molar-refractivity contribution in [2.45, 2.75) is 13.3 Å². The molecule has 1 N–H and O–H groups in total. The van der Waals surface area contributed by atoms with Gasteiger partial charge in [-0.15, -0.1) is 0 Å². The molecular weight excluding hydrogens is 314 g/mol. The van der Waals surface area contributed by atoms with Crippen molar-refractivity contribution in [3.05, 3.63) is 12.1 Å². The lowest BCUT2D eigenvalue weighted by molar-refractivity contribution is -0.858. The average Bonchev–Trinajstić information content (AvgIpc) is 2.90. The van der Waals surface area contributed by atoms with E-state index in [-0.39, 0.29) is 5.91 Å². The zero-order valence-electron chi connectivity index (χ0n) is 13.7. The molecule has 1 amide bonds. The number of carbonyl (C=O) groups excluding carboxylic acids is 1. The fourth-order valence-corrected chi connectivity index (χ4v) is 3.59. The van der Waals surface area contributed by atoms with E-state index < -0.39 is 0 Å². The number of aromatic nitrogens is 1. The zero-order valence-corrected chi connectivity index (χ0v) is 14.5. The number of fused-ring (bicyclic) bond motifs is 2. The first-order chi connectivity index (χ1) is 11.0. The molecule has 1 aromatic heterocycles. The lowest BCUT2D eigenvalue weighted by Gasteiger charge is -2.18. The third-order valence-electron chi connectivity index (χ3n) is 3.71. The summed E-state index contributed by atoms with van der Waals surface area (Å²) in [4.78, 5) is 19.7. The number of benzene rings is 1. The molecule has 0 saturated heterocycles. The molecule has 0 spiro atoms. The Kier molecular flexibility index (Phi) is 4.68. The lowest BCUT2D eigenvalue weighted by Crippen LogP contribution is -3.05. The fourth-order valence-electron chi connectivity index (χ4n) is 2.55. The number of carbonyl (C=O) groups is 1. The van der Waals surface area contributed by atoms with E-state index in [1.165, 1.54) is 16.2 Å². The van der Waals surface area contributed by atoms with E-state index in [4.69, 9.17) is 9.47 Å². The Bertz CT molecular complexity index is 671. The number of amides is 1. The van der Waals surface area contributed by atoms with Crippen molar-refractivity contribution < 1.29 is 19.2 Å². The van der Waals surface area contributed by atoms with Gasteiger partial charge in [0, 0.05) is 32.0 Å². The maximum Gasteiger partial charge on any atom is 0.225 e. The molecule has 0 unspecified atom stereocenters. The van der Waals surface area contributed by atoms with Crippen LogP contribution in [0.1, 0.15) is 13.3 Å². The number of hydrogen-bond donors (Lipinski definition) is 1. The summed E-state index contributed by atoms with van der Waals surface area (Å²) in [7, 11) is 4.22. The maximum atomic E-state index is 12.0. The highest BCUT2D eigenvalue weighted by molar-refractivity contribution is 7.22. The molecule has 6 nitrogen and oxygen atoms in total. The third-order valence-corrected chi connectivity index (χ3v) is 4.75. The van der Waals surface area contributed by atoms with E-state index in [1.54, 1.807) is 11.8 Å². The van der Waals surface area contributed by atoms with Crippen LogP contribution in [0.5, 0.6) is 11.5 Å². The van der Waals surface area contributed by atoms with E-state index in [0.29, 0.717) is 19.8 Å². The van der Waals surface area contributed by atoms with E-state index >= 15 is 0 Å². The first kappa shape index (κ1) is 16.0. The predicted octanol–water partition coefficient (Wildman–Crippen LogP) is 0.955. The molecule has 0 radical (unpaired) electrons. The number of nitrogens with zero attached hydrogens (tertiary/aromatic N) is 2. The molecule has 23 heavy (non-hydrogen) atoms. The molecule has 2 heterocycles. The summed E-state index contributed by atoms with van der Waals surface area (Å²) in [6, 6.07) is 3.85. The van der Waals surface area contributed by atoms with Crippen LogP contribution in [-0.2, 0) is 4.79 Å². The van der Waals surface area contributed by atoms with Gasteiger partial charge in [-0.3, -0.25) is 9.69 Å². The molecular formula is C16H22N3O3S+. The minimum atomic E-state index is 0.0232. The van der Waals surface area contributed by atoms with Crippen molar-refractivity contribution in [2.75, 3.05) is 45.3 Å². The van der Waals surface area contributed by atoms with Crippen molar-refractivity contribution in [1.29, 1.82) is 0 Å². The van der Waals surface area contributed by atoms with E-state index in [2.05, 4.69) is 19.1 Å². The molecule has 0 bridgehead atoms. The largest absolute Gasteiger partial charge is 0.486 e. The molecule has 0 saturated carbocycles. The van der Waals surface area contributed by atoms with Gasteiger partial charge in [0.05, 0.1) is 30.9 Å². The second-order valence-electron chi connectivity index (χ2n) is 5.94. The summed E-state index contributed by atoms with van der Waals surface area (Å²) in [6.45, 7) is 4.42. The van der Waals surface area contributed by atoms with Crippen LogP contribution < -0.4 is 19.3 Å². The Morgan fingerprint density at radius 1 is 1.30 bits per heavy atom. The van der Waals surface area contributed by atoms with Crippen LogP contribution in [0.25, 0.3) is 10.2 Å². The van der Waals surface area contributed by atoms with Crippen molar-refractivity contribution in [1.82, 2.24) is 4.98 Å². The van der Waals surface area contributed by atoms with Gasteiger partial charge in [0.2, 0.25) is 5.91 Å². The topological polar surface area (TPSA) is 56.1 Å². The van der Waals surface area contributed by atoms with Crippen LogP contribution in [0.3, 0.4) is 0 Å². The van der Waals surface area contributed by atoms with Gasteiger partial charge in [0.15, 0.2) is 16.6 Å². The monoisotopic (exact) mass is 336 g/mol. The summed E-state index contributed by atoms with van der Waals surface area (Å²) >= 11 is 1.52. The summed E-state index contributed by atoms with van der Waals surface area (Å²) < 4.78 is 12.2. The van der Waals surface area contributed by atoms with Gasteiger partial charge in [-0.25, -0.2) is 4.98 Å². The second kappa shape index (κ2) is 6.72. The lowest BCUT2D eigenvalue weighted by atomic mass is 10.3. The number of quaternary nitrogens is 1. The summed E-state index contributed by atoms with van der Waals surface area (Å²) in [6.07, 6.45) is 0.945. The van der Waals surface area contributed by atoms with Crippen LogP contribution in [0.4, 0.5) is 5.13 Å². The van der Waals surface area contributed by atoms with Crippen LogP contribution in [0.15, 0.2) is 12.1 Å². The Morgan fingerprint density at radius 2 is 2.00 bits per heavy atom. The molecule has 0 fully saturated rings. The van der Waals surface area contributed by atoms with Gasteiger partial charge in [-0.05, 0) is 0 Å². The van der Waals surface area contributed by atoms with Crippen LogP contribution >= 0.6 is 11.3 Å². The van der Waals surface area contributed by atoms with E-state index in [0.717, 1.165) is 39.8 Å². The Balaban J connectivity index is 1.86. The highest BCUT2D eigenvalue weighted by atomic mass is 32.1. The van der Waals surface area contributed by atoms with Gasteiger partial charge < -0.3 is 14.4 Å². The van der Waals surface area contributed by atoms with Crippen molar-refractivity contribution >= 4 is 32.6 Å². The van der Waals surface area contributed by atoms with Crippen LogP contribution in [-0.4, -0.2) is 51.3 Å². The van der Waals surface area contributed by atoms with Gasteiger partial charge >= 0.3 is 0 Å². The van der Waals surface area contributed by atoms with Gasteiger partial charge in [0.25, 0.3) is 0 Å². The Morgan fingerprint density at radius 3 is 2.65 bits per heavy atom. The van der Waals surface area contributed by atoms with Crippen molar-refractivity contribution in [3.63, 3.8) is 0 Å². The Hall–Kier alpha value is -1.86. The standard InChI is InChI=1S/C16H21N3O3S/c1-11(20)19(6-4-5-18(2)3)16-17-12-9-13-14(10-15(12)23-16)22-8-7-21-13/h9-10H,4-8H2,1-3H3/p+1. The predicted molar refractivity (Wildman–Crippen MR) is 90.9 cm³/mol. The highest BCUT2D eigenvalue weighted by Crippen LogP contribution is 2.38. The average molecular weight is 336 g/mol. The maximum absolute atomic E-state index is 12.0. The minimum absolute atomic E-state index is 0.0232. The molecule has 0 aliphatic carbocycles. The number of thiazole rings is 1. The molecule has 124 valence electrons. The summed E-state index contributed by atoms with van der Waals surface area (Å²) in [5.74, 6) is 1.51. The van der Waals surface area contributed by atoms with Crippen LogP contribution in [0, 0.1) is 0 Å². The second-order valence-corrected chi connectivity index (χ2v) is 6.95. The van der Waals surface area contributed by atoms with Gasteiger partial charge in [-0.1, -0.05) is 11.3 Å². The number of rotatable bonds is 5. The molecule has 2 aromatic rings. The molecule has 1 aromatic carbocycles. The number of anilines is 1. The molecule has 1 aliphatic rings. The molecule has 1 aliphatic heterocycles. The quantitative estimate of drug-likeness (QED) is 0.883. The third kappa shape index (κ3) is 3.56. The first-order valence-corrected chi connectivity index (χ1v) is 8.63. The van der Waals surface area contributed by atoms with Crippen molar-refractivity contribution in [3.8, 4) is 11.5 Å². The Labute approximate surface area is 139 Å². The summed E-state index contributed by atoms with van der Waals surface area (Å²) in [5.41, 5.74) is 0.846. The fraction of sp³-hybridized carbons (Fsp3) is 0.500. The minimum Gasteiger partial charge on any atom is -0.486 e. The molecule has 0 atom stereocenters.